The van der Waals surface area contributed by atoms with Crippen molar-refractivity contribution in [3.8, 4) is 6.07 Å². The Hall–Kier alpha value is -2.54. The van der Waals surface area contributed by atoms with Crippen LogP contribution in [-0.2, 0) is 0 Å². The number of nitriles is 1. The maximum Gasteiger partial charge on any atom is 0.186 e. The molecule has 0 aliphatic heterocycles. The van der Waals surface area contributed by atoms with Gasteiger partial charge in [0.15, 0.2) is 11.7 Å². The second kappa shape index (κ2) is 4.99. The highest BCUT2D eigenvalue weighted by atomic mass is 16.1. The first-order valence-corrected chi connectivity index (χ1v) is 5.07. The largest absolute Gasteiger partial charge is 0.292 e. The zero-order chi connectivity index (χ0) is 12.1. The number of hydrogen-bond donors (Lipinski definition) is 0. The second-order valence-corrected chi connectivity index (χ2v) is 3.42. The van der Waals surface area contributed by atoms with Gasteiger partial charge < -0.3 is 0 Å². The van der Waals surface area contributed by atoms with E-state index in [9.17, 15) is 4.79 Å². The van der Waals surface area contributed by atoms with Gasteiger partial charge in [-0.05, 0) is 24.3 Å². The van der Waals surface area contributed by atoms with E-state index in [0.717, 1.165) is 0 Å². The molecule has 17 heavy (non-hydrogen) atoms. The summed E-state index contributed by atoms with van der Waals surface area (Å²) in [6.07, 6.45) is 4.62. The molecule has 0 spiro atoms. The third-order valence-electron chi connectivity index (χ3n) is 2.34. The molecule has 82 valence electrons. The molecule has 0 bridgehead atoms. The zero-order valence-electron chi connectivity index (χ0n) is 8.95. The van der Waals surface area contributed by atoms with Crippen LogP contribution in [0.15, 0.2) is 48.9 Å². The Labute approximate surface area is 98.6 Å². The lowest BCUT2D eigenvalue weighted by Crippen LogP contribution is -2.12. The Balaban J connectivity index is 2.33. The van der Waals surface area contributed by atoms with Crippen molar-refractivity contribution in [3.63, 3.8) is 0 Å². The van der Waals surface area contributed by atoms with E-state index in [0.29, 0.717) is 11.3 Å². The van der Waals surface area contributed by atoms with Crippen LogP contribution in [0.2, 0.25) is 0 Å². The minimum atomic E-state index is -0.862. The van der Waals surface area contributed by atoms with E-state index in [1.165, 1.54) is 12.4 Å². The van der Waals surface area contributed by atoms with E-state index in [2.05, 4.69) is 9.97 Å². The summed E-state index contributed by atoms with van der Waals surface area (Å²) in [5.74, 6) is -1.12. The fourth-order valence-corrected chi connectivity index (χ4v) is 1.49. The van der Waals surface area contributed by atoms with Crippen LogP contribution in [0.25, 0.3) is 0 Å². The molecule has 4 nitrogen and oxygen atoms in total. The van der Waals surface area contributed by atoms with Gasteiger partial charge in [-0.15, -0.1) is 0 Å². The maximum absolute atomic E-state index is 12.1. The molecule has 0 N–H and O–H groups in total. The second-order valence-electron chi connectivity index (χ2n) is 3.42. The molecular weight excluding hydrogens is 214 g/mol. The molecule has 2 aromatic rings. The summed E-state index contributed by atoms with van der Waals surface area (Å²) in [5.41, 5.74) is 0.939. The first-order valence-electron chi connectivity index (χ1n) is 5.07. The van der Waals surface area contributed by atoms with Gasteiger partial charge in [-0.3, -0.25) is 14.8 Å². The third kappa shape index (κ3) is 2.34. The molecule has 0 aromatic carbocycles. The summed E-state index contributed by atoms with van der Waals surface area (Å²) in [6.45, 7) is 0. The minimum absolute atomic E-state index is 0.256. The number of aromatic nitrogens is 2. The van der Waals surface area contributed by atoms with E-state index in [1.807, 2.05) is 6.07 Å². The molecule has 0 aliphatic rings. The molecule has 1 atom stereocenters. The molecule has 0 saturated heterocycles. The van der Waals surface area contributed by atoms with Crippen LogP contribution in [0.3, 0.4) is 0 Å². The summed E-state index contributed by atoms with van der Waals surface area (Å²) in [7, 11) is 0. The number of pyridine rings is 2. The zero-order valence-corrected chi connectivity index (χ0v) is 8.95. The number of Topliss-reactive ketones (excluding diaryl/α,β-unsaturated/α-hetero) is 1. The summed E-state index contributed by atoms with van der Waals surface area (Å²) in [4.78, 5) is 20.0. The average molecular weight is 223 g/mol. The van der Waals surface area contributed by atoms with Crippen molar-refractivity contribution in [2.75, 3.05) is 0 Å². The molecule has 0 fully saturated rings. The first kappa shape index (κ1) is 11.0. The molecule has 0 radical (unpaired) electrons. The van der Waals surface area contributed by atoms with Gasteiger partial charge in [0.2, 0.25) is 0 Å². The van der Waals surface area contributed by atoms with Crippen molar-refractivity contribution in [2.45, 2.75) is 5.92 Å². The van der Waals surface area contributed by atoms with Crippen LogP contribution in [0.4, 0.5) is 0 Å². The molecule has 0 aliphatic carbocycles. The molecular formula is C13H9N3O. The highest BCUT2D eigenvalue weighted by molar-refractivity contribution is 6.02. The summed E-state index contributed by atoms with van der Waals surface area (Å²) < 4.78 is 0. The van der Waals surface area contributed by atoms with Crippen molar-refractivity contribution in [2.24, 2.45) is 0 Å². The van der Waals surface area contributed by atoms with Gasteiger partial charge in [0, 0.05) is 24.2 Å². The van der Waals surface area contributed by atoms with Gasteiger partial charge in [-0.1, -0.05) is 6.07 Å². The van der Waals surface area contributed by atoms with E-state index in [-0.39, 0.29) is 5.78 Å². The van der Waals surface area contributed by atoms with E-state index in [1.54, 1.807) is 36.5 Å². The van der Waals surface area contributed by atoms with Gasteiger partial charge in [0.25, 0.3) is 0 Å². The molecule has 2 aromatic heterocycles. The van der Waals surface area contributed by atoms with Crippen molar-refractivity contribution in [3.05, 3.63) is 60.2 Å². The Morgan fingerprint density at radius 2 is 1.94 bits per heavy atom. The molecule has 1 unspecified atom stereocenters. The lowest BCUT2D eigenvalue weighted by atomic mass is 9.96. The van der Waals surface area contributed by atoms with Gasteiger partial charge in [-0.2, -0.15) is 5.26 Å². The number of hydrogen-bond acceptors (Lipinski definition) is 4. The lowest BCUT2D eigenvalue weighted by Gasteiger charge is -2.06. The quantitative estimate of drug-likeness (QED) is 0.746. The monoisotopic (exact) mass is 223 g/mol. The molecule has 0 amide bonds. The normalized spacial score (nSPS) is 11.5. The van der Waals surface area contributed by atoms with Crippen LogP contribution >= 0.6 is 0 Å². The molecule has 0 saturated carbocycles. The van der Waals surface area contributed by atoms with Crippen LogP contribution < -0.4 is 0 Å². The maximum atomic E-state index is 12.1. The van der Waals surface area contributed by atoms with Crippen molar-refractivity contribution in [1.29, 1.82) is 5.26 Å². The number of ketones is 1. The number of rotatable bonds is 3. The Bertz CT molecular complexity index is 546. The highest BCUT2D eigenvalue weighted by Crippen LogP contribution is 2.17. The summed E-state index contributed by atoms with van der Waals surface area (Å²) in [5, 5.41) is 9.08. The number of nitrogens with zero attached hydrogens (tertiary/aromatic N) is 3. The standard InChI is InChI=1S/C13H9N3O/c14-9-11(12-3-1-2-6-16-12)13(17)10-4-7-15-8-5-10/h1-8,11H. The van der Waals surface area contributed by atoms with Gasteiger partial charge >= 0.3 is 0 Å². The van der Waals surface area contributed by atoms with E-state index < -0.39 is 5.92 Å². The van der Waals surface area contributed by atoms with Gasteiger partial charge in [0.1, 0.15) is 0 Å². The lowest BCUT2D eigenvalue weighted by molar-refractivity contribution is 0.0977. The van der Waals surface area contributed by atoms with Crippen LogP contribution in [0.5, 0.6) is 0 Å². The Morgan fingerprint density at radius 3 is 2.53 bits per heavy atom. The Kier molecular flexibility index (Phi) is 3.22. The van der Waals surface area contributed by atoms with Crippen molar-refractivity contribution in [1.82, 2.24) is 9.97 Å². The summed E-state index contributed by atoms with van der Waals surface area (Å²) in [6, 6.07) is 10.3. The first-order chi connectivity index (χ1) is 8.33. The average Bonchev–Trinajstić information content (AvgIpc) is 2.42. The van der Waals surface area contributed by atoms with Gasteiger partial charge in [0.05, 0.1) is 11.8 Å². The predicted molar refractivity (Wildman–Crippen MR) is 61.2 cm³/mol. The van der Waals surface area contributed by atoms with E-state index >= 15 is 0 Å². The molecule has 2 rings (SSSR count). The number of carbonyl (C=O) groups excluding carboxylic acids is 1. The van der Waals surface area contributed by atoms with E-state index in [4.69, 9.17) is 5.26 Å². The predicted octanol–water partition coefficient (Wildman–Crippen LogP) is 1.97. The van der Waals surface area contributed by atoms with Gasteiger partial charge in [-0.25, -0.2) is 0 Å². The fourth-order valence-electron chi connectivity index (χ4n) is 1.49. The fraction of sp³-hybridized carbons (Fsp3) is 0.0769. The topological polar surface area (TPSA) is 66.6 Å². The smallest absolute Gasteiger partial charge is 0.186 e. The van der Waals surface area contributed by atoms with Crippen LogP contribution in [-0.4, -0.2) is 15.8 Å². The third-order valence-corrected chi connectivity index (χ3v) is 2.34. The highest BCUT2D eigenvalue weighted by Gasteiger charge is 2.22. The molecule has 4 heteroatoms. The molecule has 2 heterocycles. The minimum Gasteiger partial charge on any atom is -0.292 e. The van der Waals surface area contributed by atoms with Crippen LogP contribution in [0.1, 0.15) is 22.0 Å². The number of carbonyl (C=O) groups is 1. The van der Waals surface area contributed by atoms with Crippen molar-refractivity contribution < 1.29 is 4.79 Å². The Morgan fingerprint density at radius 1 is 1.18 bits per heavy atom. The van der Waals surface area contributed by atoms with Crippen molar-refractivity contribution >= 4 is 5.78 Å². The summed E-state index contributed by atoms with van der Waals surface area (Å²) >= 11 is 0. The van der Waals surface area contributed by atoms with Crippen LogP contribution in [0, 0.1) is 11.3 Å². The SMILES string of the molecule is N#CC(C(=O)c1ccncc1)c1ccccn1.